The van der Waals surface area contributed by atoms with Crippen molar-refractivity contribution >= 4 is 5.91 Å². The van der Waals surface area contributed by atoms with E-state index in [4.69, 9.17) is 14.2 Å². The molecule has 1 fully saturated rings. The Morgan fingerprint density at radius 1 is 1.26 bits per heavy atom. The third kappa shape index (κ3) is 5.05. The highest BCUT2D eigenvalue weighted by molar-refractivity contribution is 5.95. The zero-order valence-corrected chi connectivity index (χ0v) is 15.9. The van der Waals surface area contributed by atoms with Gasteiger partial charge in [-0.15, -0.1) is 0 Å². The van der Waals surface area contributed by atoms with Gasteiger partial charge in [0.05, 0.1) is 26.0 Å². The number of rotatable bonds is 8. The van der Waals surface area contributed by atoms with Gasteiger partial charge in [0, 0.05) is 44.1 Å². The average Bonchev–Trinajstić information content (AvgIpc) is 3.24. The molecule has 6 nitrogen and oxygen atoms in total. The average molecular weight is 370 g/mol. The van der Waals surface area contributed by atoms with E-state index in [2.05, 4.69) is 4.98 Å². The van der Waals surface area contributed by atoms with Crippen molar-refractivity contribution in [3.63, 3.8) is 0 Å². The standard InChI is InChI=1S/C21H26N2O4/c1-25-10-8-23(15-19-7-4-9-27-19)21(24)17-6-3-5-16(11-17)18-12-20(26-2)14-22-13-18/h3,5-6,11-14,19H,4,7-10,15H2,1-2H3/t19-/m1/s1. The van der Waals surface area contributed by atoms with E-state index in [1.54, 1.807) is 26.6 Å². The van der Waals surface area contributed by atoms with E-state index in [9.17, 15) is 4.79 Å². The summed E-state index contributed by atoms with van der Waals surface area (Å²) in [7, 11) is 3.25. The highest BCUT2D eigenvalue weighted by atomic mass is 16.5. The topological polar surface area (TPSA) is 60.9 Å². The van der Waals surface area contributed by atoms with E-state index >= 15 is 0 Å². The van der Waals surface area contributed by atoms with Crippen LogP contribution in [0, 0.1) is 0 Å². The number of hydrogen-bond donors (Lipinski definition) is 0. The van der Waals surface area contributed by atoms with Crippen molar-refractivity contribution in [1.82, 2.24) is 9.88 Å². The Kier molecular flexibility index (Phi) is 6.79. The van der Waals surface area contributed by atoms with Crippen molar-refractivity contribution in [2.24, 2.45) is 0 Å². The molecule has 1 aliphatic heterocycles. The number of benzene rings is 1. The fraction of sp³-hybridized carbons (Fsp3) is 0.429. The molecular formula is C21H26N2O4. The van der Waals surface area contributed by atoms with Gasteiger partial charge in [-0.1, -0.05) is 12.1 Å². The monoisotopic (exact) mass is 370 g/mol. The number of pyridine rings is 1. The van der Waals surface area contributed by atoms with Crippen molar-refractivity contribution in [3.8, 4) is 16.9 Å². The molecule has 0 N–H and O–H groups in total. The van der Waals surface area contributed by atoms with Crippen molar-refractivity contribution < 1.29 is 19.0 Å². The molecule has 1 saturated heterocycles. The van der Waals surface area contributed by atoms with Crippen molar-refractivity contribution in [2.75, 3.05) is 40.5 Å². The van der Waals surface area contributed by atoms with E-state index in [0.29, 0.717) is 31.0 Å². The number of methoxy groups -OCH3 is 2. The molecule has 0 aliphatic carbocycles. The summed E-state index contributed by atoms with van der Waals surface area (Å²) in [6.45, 7) is 2.40. The van der Waals surface area contributed by atoms with E-state index < -0.39 is 0 Å². The number of hydrogen-bond acceptors (Lipinski definition) is 5. The van der Waals surface area contributed by atoms with E-state index in [0.717, 1.165) is 30.6 Å². The van der Waals surface area contributed by atoms with E-state index in [1.165, 1.54) is 0 Å². The molecule has 6 heteroatoms. The summed E-state index contributed by atoms with van der Waals surface area (Å²) >= 11 is 0. The van der Waals surface area contributed by atoms with Crippen LogP contribution in [0.2, 0.25) is 0 Å². The van der Waals surface area contributed by atoms with Gasteiger partial charge in [-0.05, 0) is 36.6 Å². The molecule has 0 unspecified atom stereocenters. The van der Waals surface area contributed by atoms with Crippen molar-refractivity contribution in [2.45, 2.75) is 18.9 Å². The lowest BCUT2D eigenvalue weighted by molar-refractivity contribution is 0.0456. The van der Waals surface area contributed by atoms with Gasteiger partial charge in [0.15, 0.2) is 0 Å². The molecular weight excluding hydrogens is 344 g/mol. The molecule has 27 heavy (non-hydrogen) atoms. The van der Waals surface area contributed by atoms with Crippen LogP contribution in [-0.4, -0.2) is 62.4 Å². The summed E-state index contributed by atoms with van der Waals surface area (Å²) in [4.78, 5) is 19.1. The second kappa shape index (κ2) is 9.48. The Morgan fingerprint density at radius 3 is 2.89 bits per heavy atom. The minimum Gasteiger partial charge on any atom is -0.495 e. The zero-order chi connectivity index (χ0) is 19.1. The molecule has 0 bridgehead atoms. The minimum atomic E-state index is -0.0137. The Balaban J connectivity index is 1.80. The number of ether oxygens (including phenoxy) is 3. The highest BCUT2D eigenvalue weighted by Crippen LogP contribution is 2.24. The van der Waals surface area contributed by atoms with Gasteiger partial charge in [0.2, 0.25) is 0 Å². The van der Waals surface area contributed by atoms with Crippen LogP contribution in [-0.2, 0) is 9.47 Å². The fourth-order valence-electron chi connectivity index (χ4n) is 3.21. The summed E-state index contributed by atoms with van der Waals surface area (Å²) in [5.74, 6) is 0.671. The Bertz CT molecular complexity index is 759. The van der Waals surface area contributed by atoms with Gasteiger partial charge in [0.25, 0.3) is 5.91 Å². The van der Waals surface area contributed by atoms with Crippen LogP contribution in [0.4, 0.5) is 0 Å². The van der Waals surface area contributed by atoms with Gasteiger partial charge in [0.1, 0.15) is 5.75 Å². The van der Waals surface area contributed by atoms with Crippen LogP contribution in [0.15, 0.2) is 42.7 Å². The maximum Gasteiger partial charge on any atom is 0.254 e. The molecule has 1 aliphatic rings. The third-order valence-corrected chi connectivity index (χ3v) is 4.69. The minimum absolute atomic E-state index is 0.0137. The first-order valence-corrected chi connectivity index (χ1v) is 9.20. The van der Waals surface area contributed by atoms with Gasteiger partial charge in [-0.25, -0.2) is 0 Å². The summed E-state index contributed by atoms with van der Waals surface area (Å²) in [5.41, 5.74) is 2.48. The summed E-state index contributed by atoms with van der Waals surface area (Å²) < 4.78 is 16.1. The van der Waals surface area contributed by atoms with Gasteiger partial charge >= 0.3 is 0 Å². The molecule has 0 saturated carbocycles. The fourth-order valence-corrected chi connectivity index (χ4v) is 3.21. The molecule has 0 radical (unpaired) electrons. The van der Waals surface area contributed by atoms with Crippen molar-refractivity contribution in [3.05, 3.63) is 48.3 Å². The van der Waals surface area contributed by atoms with Crippen LogP contribution >= 0.6 is 0 Å². The Morgan fingerprint density at radius 2 is 2.15 bits per heavy atom. The number of aromatic nitrogens is 1. The zero-order valence-electron chi connectivity index (χ0n) is 15.9. The van der Waals surface area contributed by atoms with Gasteiger partial charge in [-0.2, -0.15) is 0 Å². The number of nitrogens with zero attached hydrogens (tertiary/aromatic N) is 2. The predicted molar refractivity (Wildman–Crippen MR) is 103 cm³/mol. The molecule has 2 aromatic rings. The van der Waals surface area contributed by atoms with Crippen LogP contribution in [0.5, 0.6) is 5.75 Å². The number of carbonyl (C=O) groups excluding carboxylic acids is 1. The van der Waals surface area contributed by atoms with Crippen LogP contribution in [0.25, 0.3) is 11.1 Å². The van der Waals surface area contributed by atoms with E-state index in [1.807, 2.05) is 35.2 Å². The predicted octanol–water partition coefficient (Wildman–Crippen LogP) is 3.02. The normalized spacial score (nSPS) is 16.3. The summed E-state index contributed by atoms with van der Waals surface area (Å²) in [5, 5.41) is 0. The lowest BCUT2D eigenvalue weighted by Gasteiger charge is -2.25. The SMILES string of the molecule is COCCN(C[C@H]1CCCO1)C(=O)c1cccc(-c2cncc(OC)c2)c1. The third-order valence-electron chi connectivity index (χ3n) is 4.69. The molecule has 3 rings (SSSR count). The molecule has 1 aromatic heterocycles. The highest BCUT2D eigenvalue weighted by Gasteiger charge is 2.23. The maximum atomic E-state index is 13.1. The maximum absolute atomic E-state index is 13.1. The Labute approximate surface area is 160 Å². The molecule has 1 aromatic carbocycles. The van der Waals surface area contributed by atoms with Gasteiger partial charge in [-0.3, -0.25) is 9.78 Å². The second-order valence-corrected chi connectivity index (χ2v) is 6.57. The second-order valence-electron chi connectivity index (χ2n) is 6.57. The summed E-state index contributed by atoms with van der Waals surface area (Å²) in [6, 6.07) is 9.50. The molecule has 1 atom stereocenters. The first kappa shape index (κ1) is 19.3. The largest absolute Gasteiger partial charge is 0.495 e. The first-order chi connectivity index (χ1) is 13.2. The van der Waals surface area contributed by atoms with E-state index in [-0.39, 0.29) is 12.0 Å². The lowest BCUT2D eigenvalue weighted by Crippen LogP contribution is -2.39. The van der Waals surface area contributed by atoms with Crippen molar-refractivity contribution in [1.29, 1.82) is 0 Å². The van der Waals surface area contributed by atoms with Crippen LogP contribution in [0.3, 0.4) is 0 Å². The Hall–Kier alpha value is -2.44. The van der Waals surface area contributed by atoms with Gasteiger partial charge < -0.3 is 19.1 Å². The smallest absolute Gasteiger partial charge is 0.254 e. The van der Waals surface area contributed by atoms with Crippen LogP contribution < -0.4 is 4.74 Å². The molecule has 2 heterocycles. The first-order valence-electron chi connectivity index (χ1n) is 9.20. The lowest BCUT2D eigenvalue weighted by atomic mass is 10.0. The van der Waals surface area contributed by atoms with Crippen LogP contribution in [0.1, 0.15) is 23.2 Å². The number of carbonyl (C=O) groups is 1. The summed E-state index contributed by atoms with van der Waals surface area (Å²) in [6.07, 6.45) is 5.58. The molecule has 0 spiro atoms. The molecule has 144 valence electrons. The molecule has 1 amide bonds. The number of amides is 1. The quantitative estimate of drug-likeness (QED) is 0.715.